The van der Waals surface area contributed by atoms with Crippen molar-refractivity contribution in [3.05, 3.63) is 35.4 Å². The topological polar surface area (TPSA) is 23.6 Å². The molecule has 0 bridgehead atoms. The summed E-state index contributed by atoms with van der Waals surface area (Å²) in [6.45, 7) is 4.90. The summed E-state index contributed by atoms with van der Waals surface area (Å²) in [6, 6.07) is 8.50. The van der Waals surface area contributed by atoms with Crippen molar-refractivity contribution in [1.29, 1.82) is 0 Å². The van der Waals surface area contributed by atoms with Gasteiger partial charge < -0.3 is 9.80 Å². The van der Waals surface area contributed by atoms with Crippen molar-refractivity contribution >= 4 is 17.7 Å². The van der Waals surface area contributed by atoms with Gasteiger partial charge in [-0.15, -0.1) is 0 Å². The van der Waals surface area contributed by atoms with Crippen LogP contribution in [0, 0.1) is 0 Å². The van der Waals surface area contributed by atoms with Gasteiger partial charge in [0.25, 0.3) is 0 Å². The van der Waals surface area contributed by atoms with Crippen molar-refractivity contribution in [3.8, 4) is 0 Å². The Labute approximate surface area is 131 Å². The summed E-state index contributed by atoms with van der Waals surface area (Å²) >= 11 is 2.04. The van der Waals surface area contributed by atoms with Crippen LogP contribution in [0.4, 0.5) is 0 Å². The van der Waals surface area contributed by atoms with Crippen LogP contribution in [0.15, 0.2) is 24.3 Å². The van der Waals surface area contributed by atoms with E-state index in [1.54, 1.807) is 0 Å². The lowest BCUT2D eigenvalue weighted by Gasteiger charge is -2.29. The van der Waals surface area contributed by atoms with Gasteiger partial charge in [0.15, 0.2) is 0 Å². The van der Waals surface area contributed by atoms with E-state index in [4.69, 9.17) is 0 Å². The first kappa shape index (κ1) is 14.9. The first-order valence-corrected chi connectivity index (χ1v) is 9.13. The van der Waals surface area contributed by atoms with Gasteiger partial charge in [0.2, 0.25) is 5.91 Å². The molecule has 0 unspecified atom stereocenters. The summed E-state index contributed by atoms with van der Waals surface area (Å²) in [6.07, 6.45) is 2.94. The third kappa shape index (κ3) is 4.01. The fraction of sp³-hybridized carbons (Fsp3) is 0.588. The zero-order valence-electron chi connectivity index (χ0n) is 12.6. The van der Waals surface area contributed by atoms with Crippen LogP contribution in [0.3, 0.4) is 0 Å². The summed E-state index contributed by atoms with van der Waals surface area (Å²) in [4.78, 5) is 16.9. The standard InChI is InChI=1S/C17H24N2OS/c20-17(7-9-18-8-3-12-21-13-11-18)19-10-6-15-4-1-2-5-16(15)14-19/h1-2,4-5H,3,6-14H2. The molecule has 4 heteroatoms. The number of hydrogen-bond acceptors (Lipinski definition) is 3. The maximum Gasteiger partial charge on any atom is 0.224 e. The number of thioether (sulfide) groups is 1. The molecule has 2 heterocycles. The van der Waals surface area contributed by atoms with Crippen molar-refractivity contribution in [3.63, 3.8) is 0 Å². The van der Waals surface area contributed by atoms with Gasteiger partial charge >= 0.3 is 0 Å². The monoisotopic (exact) mass is 304 g/mol. The maximum atomic E-state index is 12.4. The number of carbonyl (C=O) groups is 1. The lowest BCUT2D eigenvalue weighted by Crippen LogP contribution is -2.38. The second kappa shape index (κ2) is 7.32. The molecule has 0 spiro atoms. The predicted octanol–water partition coefficient (Wildman–Crippen LogP) is 2.40. The van der Waals surface area contributed by atoms with Crippen LogP contribution in [0.25, 0.3) is 0 Å². The average Bonchev–Trinajstić information content (AvgIpc) is 2.81. The minimum absolute atomic E-state index is 0.321. The second-order valence-corrected chi connectivity index (χ2v) is 7.12. The normalized spacial score (nSPS) is 19.9. The molecule has 0 aliphatic carbocycles. The highest BCUT2D eigenvalue weighted by Crippen LogP contribution is 2.19. The van der Waals surface area contributed by atoms with E-state index < -0.39 is 0 Å². The Balaban J connectivity index is 1.50. The molecule has 0 aromatic heterocycles. The molecule has 0 N–H and O–H groups in total. The Morgan fingerprint density at radius 3 is 2.86 bits per heavy atom. The molecule has 2 aliphatic rings. The third-order valence-corrected chi connectivity index (χ3v) is 5.49. The molecule has 0 atom stereocenters. The van der Waals surface area contributed by atoms with E-state index in [-0.39, 0.29) is 0 Å². The average molecular weight is 304 g/mol. The number of nitrogens with zero attached hydrogens (tertiary/aromatic N) is 2. The van der Waals surface area contributed by atoms with Crippen molar-refractivity contribution in [1.82, 2.24) is 9.80 Å². The molecule has 3 rings (SSSR count). The maximum absolute atomic E-state index is 12.4. The van der Waals surface area contributed by atoms with Gasteiger partial charge in [-0.25, -0.2) is 0 Å². The van der Waals surface area contributed by atoms with Gasteiger partial charge in [0.1, 0.15) is 0 Å². The predicted molar refractivity (Wildman–Crippen MR) is 88.6 cm³/mol. The first-order chi connectivity index (χ1) is 10.3. The van der Waals surface area contributed by atoms with Gasteiger partial charge in [-0.3, -0.25) is 4.79 Å². The van der Waals surface area contributed by atoms with Gasteiger partial charge in [-0.1, -0.05) is 24.3 Å². The molecule has 21 heavy (non-hydrogen) atoms. The van der Waals surface area contributed by atoms with E-state index in [0.717, 1.165) is 39.1 Å². The van der Waals surface area contributed by atoms with Gasteiger partial charge in [-0.05, 0) is 36.3 Å². The highest BCUT2D eigenvalue weighted by molar-refractivity contribution is 7.99. The van der Waals surface area contributed by atoms with Crippen LogP contribution in [0.1, 0.15) is 24.0 Å². The molecule has 3 nitrogen and oxygen atoms in total. The Morgan fingerprint density at radius 1 is 1.10 bits per heavy atom. The molecule has 114 valence electrons. The molecule has 1 fully saturated rings. The Morgan fingerprint density at radius 2 is 1.95 bits per heavy atom. The fourth-order valence-electron chi connectivity index (χ4n) is 3.14. The number of benzene rings is 1. The number of hydrogen-bond donors (Lipinski definition) is 0. The van der Waals surface area contributed by atoms with Crippen LogP contribution >= 0.6 is 11.8 Å². The molecular weight excluding hydrogens is 280 g/mol. The van der Waals surface area contributed by atoms with Crippen LogP contribution in [0.5, 0.6) is 0 Å². The largest absolute Gasteiger partial charge is 0.338 e. The van der Waals surface area contributed by atoms with Crippen molar-refractivity contribution in [2.75, 3.05) is 37.7 Å². The number of rotatable bonds is 3. The second-order valence-electron chi connectivity index (χ2n) is 5.89. The first-order valence-electron chi connectivity index (χ1n) is 7.97. The molecule has 1 aromatic carbocycles. The van der Waals surface area contributed by atoms with E-state index in [2.05, 4.69) is 29.2 Å². The number of amides is 1. The van der Waals surface area contributed by atoms with E-state index in [1.165, 1.54) is 29.1 Å². The molecule has 1 aromatic rings. The minimum Gasteiger partial charge on any atom is -0.338 e. The van der Waals surface area contributed by atoms with E-state index in [1.807, 2.05) is 16.7 Å². The highest BCUT2D eigenvalue weighted by Gasteiger charge is 2.20. The summed E-state index contributed by atoms with van der Waals surface area (Å²) in [5, 5.41) is 0. The molecule has 2 aliphatic heterocycles. The zero-order chi connectivity index (χ0) is 14.5. The van der Waals surface area contributed by atoms with E-state index in [9.17, 15) is 4.79 Å². The smallest absolute Gasteiger partial charge is 0.224 e. The van der Waals surface area contributed by atoms with Crippen LogP contribution in [-0.4, -0.2) is 53.4 Å². The summed E-state index contributed by atoms with van der Waals surface area (Å²) < 4.78 is 0. The summed E-state index contributed by atoms with van der Waals surface area (Å²) in [5.74, 6) is 2.81. The number of fused-ring (bicyclic) bond motifs is 1. The fourth-order valence-corrected chi connectivity index (χ4v) is 4.07. The molecule has 1 amide bonds. The van der Waals surface area contributed by atoms with Crippen molar-refractivity contribution < 1.29 is 4.79 Å². The lowest BCUT2D eigenvalue weighted by molar-refractivity contribution is -0.132. The van der Waals surface area contributed by atoms with Crippen molar-refractivity contribution in [2.24, 2.45) is 0 Å². The van der Waals surface area contributed by atoms with Crippen molar-refractivity contribution in [2.45, 2.75) is 25.8 Å². The quantitative estimate of drug-likeness (QED) is 0.857. The van der Waals surface area contributed by atoms with Crippen LogP contribution in [0.2, 0.25) is 0 Å². The minimum atomic E-state index is 0.321. The van der Waals surface area contributed by atoms with Crippen LogP contribution < -0.4 is 0 Å². The Kier molecular flexibility index (Phi) is 5.20. The van der Waals surface area contributed by atoms with Gasteiger partial charge in [0.05, 0.1) is 0 Å². The Hall–Kier alpha value is -1.00. The van der Waals surface area contributed by atoms with Crippen LogP contribution in [-0.2, 0) is 17.8 Å². The van der Waals surface area contributed by atoms with E-state index >= 15 is 0 Å². The molecule has 0 saturated carbocycles. The highest BCUT2D eigenvalue weighted by atomic mass is 32.2. The summed E-state index contributed by atoms with van der Waals surface area (Å²) in [5.41, 5.74) is 2.73. The lowest BCUT2D eigenvalue weighted by atomic mass is 10.00. The molecular formula is C17H24N2OS. The number of carbonyl (C=O) groups excluding carboxylic acids is 1. The van der Waals surface area contributed by atoms with E-state index in [0.29, 0.717) is 12.3 Å². The summed E-state index contributed by atoms with van der Waals surface area (Å²) in [7, 11) is 0. The third-order valence-electron chi connectivity index (χ3n) is 4.44. The SMILES string of the molecule is O=C(CCN1CCCSCC1)N1CCc2ccccc2C1. The zero-order valence-corrected chi connectivity index (χ0v) is 13.4. The van der Waals surface area contributed by atoms with Gasteiger partial charge in [0, 0.05) is 38.4 Å². The van der Waals surface area contributed by atoms with Gasteiger partial charge in [-0.2, -0.15) is 11.8 Å². The molecule has 0 radical (unpaired) electrons. The Bertz CT molecular complexity index is 483. The molecule has 1 saturated heterocycles.